The van der Waals surface area contributed by atoms with Crippen LogP contribution in [-0.4, -0.2) is 28.0 Å². The molecule has 0 aliphatic rings. The highest BCUT2D eigenvalue weighted by molar-refractivity contribution is 6.10. The highest BCUT2D eigenvalue weighted by Gasteiger charge is 2.20. The SMILES string of the molecule is CC(NC(=O)O)C(=O)c1c[nH]c2ccc(F)cc12. The van der Waals surface area contributed by atoms with Gasteiger partial charge in [0, 0.05) is 22.7 Å². The molecule has 1 unspecified atom stereocenters. The zero-order valence-electron chi connectivity index (χ0n) is 9.53. The minimum absolute atomic E-state index is 0.269. The van der Waals surface area contributed by atoms with E-state index in [1.807, 2.05) is 0 Å². The topological polar surface area (TPSA) is 82.2 Å². The van der Waals surface area contributed by atoms with Crippen LogP contribution in [0.3, 0.4) is 0 Å². The number of carbonyl (C=O) groups excluding carboxylic acids is 1. The summed E-state index contributed by atoms with van der Waals surface area (Å²) < 4.78 is 13.1. The van der Waals surface area contributed by atoms with Crippen LogP contribution in [-0.2, 0) is 0 Å². The van der Waals surface area contributed by atoms with Gasteiger partial charge >= 0.3 is 6.09 Å². The number of carbonyl (C=O) groups is 2. The minimum Gasteiger partial charge on any atom is -0.465 e. The predicted molar refractivity (Wildman–Crippen MR) is 63.2 cm³/mol. The molecule has 0 fully saturated rings. The summed E-state index contributed by atoms with van der Waals surface area (Å²) >= 11 is 0. The lowest BCUT2D eigenvalue weighted by Gasteiger charge is -2.09. The largest absolute Gasteiger partial charge is 0.465 e. The second-order valence-electron chi connectivity index (χ2n) is 3.93. The lowest BCUT2D eigenvalue weighted by atomic mass is 10.0. The van der Waals surface area contributed by atoms with E-state index in [1.54, 1.807) is 0 Å². The Hall–Kier alpha value is -2.37. The van der Waals surface area contributed by atoms with Gasteiger partial charge in [0.1, 0.15) is 5.82 Å². The van der Waals surface area contributed by atoms with Crippen molar-refractivity contribution in [1.82, 2.24) is 10.3 Å². The molecule has 0 saturated heterocycles. The van der Waals surface area contributed by atoms with Crippen molar-refractivity contribution in [3.8, 4) is 0 Å². The van der Waals surface area contributed by atoms with Gasteiger partial charge in [0.2, 0.25) is 0 Å². The van der Waals surface area contributed by atoms with E-state index >= 15 is 0 Å². The summed E-state index contributed by atoms with van der Waals surface area (Å²) in [6.45, 7) is 1.44. The van der Waals surface area contributed by atoms with Gasteiger partial charge in [-0.1, -0.05) is 0 Å². The van der Waals surface area contributed by atoms with E-state index < -0.39 is 23.7 Å². The standard InChI is InChI=1S/C12H11FN2O3/c1-6(15-12(17)18)11(16)9-5-14-10-3-2-7(13)4-8(9)10/h2-6,14-15H,1H3,(H,17,18). The van der Waals surface area contributed by atoms with E-state index in [0.29, 0.717) is 10.9 Å². The van der Waals surface area contributed by atoms with Crippen LogP contribution >= 0.6 is 0 Å². The van der Waals surface area contributed by atoms with Gasteiger partial charge in [-0.05, 0) is 25.1 Å². The summed E-state index contributed by atoms with van der Waals surface area (Å²) in [5.41, 5.74) is 0.896. The first-order chi connectivity index (χ1) is 8.49. The smallest absolute Gasteiger partial charge is 0.405 e. The van der Waals surface area contributed by atoms with Gasteiger partial charge < -0.3 is 15.4 Å². The van der Waals surface area contributed by atoms with E-state index in [4.69, 9.17) is 5.11 Å². The van der Waals surface area contributed by atoms with E-state index in [2.05, 4.69) is 10.3 Å². The second-order valence-corrected chi connectivity index (χ2v) is 3.93. The molecular formula is C12H11FN2O3. The third-order valence-electron chi connectivity index (χ3n) is 2.64. The molecule has 1 atom stereocenters. The summed E-state index contributed by atoms with van der Waals surface area (Å²) in [5.74, 6) is -0.857. The Labute approximate surface area is 102 Å². The minimum atomic E-state index is -1.28. The fourth-order valence-electron chi connectivity index (χ4n) is 1.78. The number of amides is 1. The maximum atomic E-state index is 13.1. The summed E-state index contributed by atoms with van der Waals surface area (Å²) in [4.78, 5) is 25.3. The van der Waals surface area contributed by atoms with Gasteiger partial charge in [0.25, 0.3) is 0 Å². The Morgan fingerprint density at radius 3 is 2.83 bits per heavy atom. The Morgan fingerprint density at radius 1 is 1.44 bits per heavy atom. The number of hydrogen-bond acceptors (Lipinski definition) is 2. The quantitative estimate of drug-likeness (QED) is 0.730. The summed E-state index contributed by atoms with van der Waals surface area (Å²) in [6.07, 6.45) is 0.175. The Kier molecular flexibility index (Phi) is 3.01. The molecule has 2 aromatic rings. The van der Waals surface area contributed by atoms with Crippen molar-refractivity contribution in [2.24, 2.45) is 0 Å². The number of hydrogen-bond donors (Lipinski definition) is 3. The lowest BCUT2D eigenvalue weighted by molar-refractivity contribution is 0.0947. The van der Waals surface area contributed by atoms with Crippen molar-refractivity contribution in [1.29, 1.82) is 0 Å². The Bertz CT molecular complexity index is 621. The molecule has 1 amide bonds. The van der Waals surface area contributed by atoms with Gasteiger partial charge in [-0.3, -0.25) is 4.79 Å². The molecule has 2 rings (SSSR count). The molecule has 1 aromatic heterocycles. The van der Waals surface area contributed by atoms with E-state index in [-0.39, 0.29) is 5.56 Å². The van der Waals surface area contributed by atoms with Crippen molar-refractivity contribution in [2.75, 3.05) is 0 Å². The molecule has 5 nitrogen and oxygen atoms in total. The van der Waals surface area contributed by atoms with Crippen LogP contribution in [0.2, 0.25) is 0 Å². The monoisotopic (exact) mass is 250 g/mol. The number of aromatic amines is 1. The van der Waals surface area contributed by atoms with E-state index in [0.717, 1.165) is 0 Å². The number of ketones is 1. The first-order valence-corrected chi connectivity index (χ1v) is 5.29. The van der Waals surface area contributed by atoms with Crippen LogP contribution in [0.15, 0.2) is 24.4 Å². The first kappa shape index (κ1) is 12.1. The number of carboxylic acid groups (broad SMARTS) is 1. The Balaban J connectivity index is 2.38. The normalized spacial score (nSPS) is 12.3. The number of fused-ring (bicyclic) bond motifs is 1. The molecule has 0 radical (unpaired) electrons. The molecule has 94 valence electrons. The van der Waals surface area contributed by atoms with E-state index in [1.165, 1.54) is 31.3 Å². The zero-order valence-corrected chi connectivity index (χ0v) is 9.53. The molecule has 0 saturated carbocycles. The van der Waals surface area contributed by atoms with Crippen LogP contribution < -0.4 is 5.32 Å². The zero-order chi connectivity index (χ0) is 13.3. The van der Waals surface area contributed by atoms with Gasteiger partial charge in [0.15, 0.2) is 5.78 Å². The Morgan fingerprint density at radius 2 is 2.17 bits per heavy atom. The number of Topliss-reactive ketones (excluding diaryl/α,β-unsaturated/α-hetero) is 1. The van der Waals surface area contributed by atoms with Crippen molar-refractivity contribution in [3.05, 3.63) is 35.8 Å². The van der Waals surface area contributed by atoms with Crippen LogP contribution in [0.4, 0.5) is 9.18 Å². The highest BCUT2D eigenvalue weighted by Crippen LogP contribution is 2.20. The fourth-order valence-corrected chi connectivity index (χ4v) is 1.78. The maximum Gasteiger partial charge on any atom is 0.405 e. The number of benzene rings is 1. The van der Waals surface area contributed by atoms with Crippen LogP contribution in [0.5, 0.6) is 0 Å². The predicted octanol–water partition coefficient (Wildman–Crippen LogP) is 2.15. The summed E-state index contributed by atoms with van der Waals surface area (Å²) in [7, 11) is 0. The average Bonchev–Trinajstić information content (AvgIpc) is 2.69. The van der Waals surface area contributed by atoms with E-state index in [9.17, 15) is 14.0 Å². The van der Waals surface area contributed by atoms with Crippen LogP contribution in [0, 0.1) is 5.82 Å². The van der Waals surface area contributed by atoms with Crippen molar-refractivity contribution >= 4 is 22.8 Å². The van der Waals surface area contributed by atoms with Gasteiger partial charge in [-0.25, -0.2) is 9.18 Å². The third kappa shape index (κ3) is 2.17. The average molecular weight is 250 g/mol. The van der Waals surface area contributed by atoms with Gasteiger partial charge in [-0.2, -0.15) is 0 Å². The number of rotatable bonds is 3. The number of aromatic nitrogens is 1. The first-order valence-electron chi connectivity index (χ1n) is 5.29. The summed E-state index contributed by atoms with van der Waals surface area (Å²) in [6, 6.07) is 3.17. The van der Waals surface area contributed by atoms with Gasteiger partial charge in [-0.15, -0.1) is 0 Å². The van der Waals surface area contributed by atoms with Crippen molar-refractivity contribution in [3.63, 3.8) is 0 Å². The van der Waals surface area contributed by atoms with Gasteiger partial charge in [0.05, 0.1) is 6.04 Å². The molecule has 0 bridgehead atoms. The molecule has 3 N–H and O–H groups in total. The van der Waals surface area contributed by atoms with Crippen LogP contribution in [0.25, 0.3) is 10.9 Å². The highest BCUT2D eigenvalue weighted by atomic mass is 19.1. The number of H-pyrrole nitrogens is 1. The maximum absolute atomic E-state index is 13.1. The molecular weight excluding hydrogens is 239 g/mol. The fraction of sp³-hybridized carbons (Fsp3) is 0.167. The molecule has 0 spiro atoms. The summed E-state index contributed by atoms with van der Waals surface area (Å²) in [5, 5.41) is 11.1. The molecule has 1 aromatic carbocycles. The molecule has 1 heterocycles. The molecule has 18 heavy (non-hydrogen) atoms. The lowest BCUT2D eigenvalue weighted by Crippen LogP contribution is -2.37. The van der Waals surface area contributed by atoms with Crippen molar-refractivity contribution in [2.45, 2.75) is 13.0 Å². The third-order valence-corrected chi connectivity index (χ3v) is 2.64. The van der Waals surface area contributed by atoms with Crippen LogP contribution in [0.1, 0.15) is 17.3 Å². The molecule has 0 aliphatic heterocycles. The number of nitrogens with one attached hydrogen (secondary N) is 2. The molecule has 6 heteroatoms. The molecule has 0 aliphatic carbocycles. The van der Waals surface area contributed by atoms with Crippen molar-refractivity contribution < 1.29 is 19.1 Å². The number of halogens is 1. The second kappa shape index (κ2) is 4.48.